The van der Waals surface area contributed by atoms with Gasteiger partial charge in [0.1, 0.15) is 22.4 Å². The number of halogens is 4. The third-order valence-corrected chi connectivity index (χ3v) is 9.82. The molecule has 1 aliphatic carbocycles. The van der Waals surface area contributed by atoms with Crippen LogP contribution in [-0.2, 0) is 10.9 Å². The van der Waals surface area contributed by atoms with Crippen molar-refractivity contribution in [2.75, 3.05) is 37.0 Å². The number of alkyl halides is 3. The van der Waals surface area contributed by atoms with Crippen LogP contribution in [0.15, 0.2) is 12.1 Å². The van der Waals surface area contributed by atoms with Gasteiger partial charge in [-0.15, -0.1) is 0 Å². The minimum atomic E-state index is -4.78. The Balaban J connectivity index is 1.32. The molecule has 0 radical (unpaired) electrons. The van der Waals surface area contributed by atoms with E-state index in [1.54, 1.807) is 0 Å². The number of nitrogens with two attached hydrogens (primary N) is 1. The molecular formula is C30H32F4N6O3. The van der Waals surface area contributed by atoms with Crippen LogP contribution < -0.4 is 25.4 Å². The van der Waals surface area contributed by atoms with E-state index in [0.29, 0.717) is 32.0 Å². The Labute approximate surface area is 245 Å². The van der Waals surface area contributed by atoms with E-state index in [1.165, 1.54) is 13.0 Å². The van der Waals surface area contributed by atoms with Crippen molar-refractivity contribution in [3.05, 3.63) is 29.1 Å². The van der Waals surface area contributed by atoms with Crippen molar-refractivity contribution >= 4 is 22.4 Å². The molecule has 4 bridgehead atoms. The first-order valence-corrected chi connectivity index (χ1v) is 14.7. The van der Waals surface area contributed by atoms with Crippen molar-refractivity contribution < 1.29 is 31.8 Å². The monoisotopic (exact) mass is 600 g/mol. The van der Waals surface area contributed by atoms with Gasteiger partial charge in [-0.1, -0.05) is 0 Å². The zero-order chi connectivity index (χ0) is 29.9. The van der Waals surface area contributed by atoms with Gasteiger partial charge in [-0.05, 0) is 57.2 Å². The molecule has 7 heterocycles. The van der Waals surface area contributed by atoms with Crippen LogP contribution in [-0.4, -0.2) is 65.0 Å². The summed E-state index contributed by atoms with van der Waals surface area (Å²) in [6.45, 7) is 5.09. The molecule has 0 amide bonds. The highest BCUT2D eigenvalue weighted by atomic mass is 19.4. The van der Waals surface area contributed by atoms with Crippen molar-refractivity contribution in [3.63, 3.8) is 0 Å². The number of piperazine rings is 1. The molecule has 1 aromatic carbocycles. The lowest BCUT2D eigenvalue weighted by molar-refractivity contribution is -0.137. The van der Waals surface area contributed by atoms with Crippen molar-refractivity contribution in [2.24, 2.45) is 5.41 Å². The number of rotatable bonds is 4. The highest BCUT2D eigenvalue weighted by Crippen LogP contribution is 2.57. The van der Waals surface area contributed by atoms with E-state index in [1.807, 2.05) is 0 Å². The normalized spacial score (nSPS) is 30.8. The Morgan fingerprint density at radius 2 is 1.98 bits per heavy atom. The van der Waals surface area contributed by atoms with E-state index >= 15 is 4.39 Å². The Hall–Kier alpha value is -3.45. The summed E-state index contributed by atoms with van der Waals surface area (Å²) in [5.74, 6) is -0.599. The molecule has 3 aromatic rings. The van der Waals surface area contributed by atoms with Gasteiger partial charge < -0.3 is 30.2 Å². The number of anilines is 2. The number of nitrogens with zero attached hydrogens (tertiary/aromatic N) is 4. The van der Waals surface area contributed by atoms with Crippen molar-refractivity contribution in [1.29, 1.82) is 0 Å². The number of fused-ring (bicyclic) bond motifs is 6. The largest absolute Gasteiger partial charge is 0.477 e. The van der Waals surface area contributed by atoms with E-state index in [2.05, 4.69) is 27.1 Å². The maximum Gasteiger partial charge on any atom is 0.417 e. The number of benzene rings is 1. The van der Waals surface area contributed by atoms with Crippen molar-refractivity contribution in [1.82, 2.24) is 20.3 Å². The lowest BCUT2D eigenvalue weighted by atomic mass is 9.64. The second-order valence-corrected chi connectivity index (χ2v) is 13.2. The summed E-state index contributed by atoms with van der Waals surface area (Å²) in [5.41, 5.74) is 3.37. The standard InChI is InChI=1S/C30H32F4N6O3/c1-14-7-15(35)8-17(21(14)30(32,33)34)23-22(31)24-20-25(39-27(38-24)42-12-29-10-28(2,11-29)43-13-29)40-9-16-3-4-18(36-16)19(40)5-6-41-26(20)37-23/h7-8,16,18-19,36H,3-6,9-13,35H2,1-2H3/t16-,18+,19-,28?,29?/m1/s1. The van der Waals surface area contributed by atoms with Crippen LogP contribution in [0.2, 0.25) is 0 Å². The number of aromatic nitrogens is 3. The fraction of sp³-hybridized carbons (Fsp3) is 0.567. The Bertz CT molecular complexity index is 1660. The molecule has 9 nitrogen and oxygen atoms in total. The summed E-state index contributed by atoms with van der Waals surface area (Å²) in [5, 5.41) is 3.89. The highest BCUT2D eigenvalue weighted by Gasteiger charge is 2.60. The smallest absolute Gasteiger partial charge is 0.417 e. The van der Waals surface area contributed by atoms with Gasteiger partial charge in [-0.2, -0.15) is 23.1 Å². The first kappa shape index (κ1) is 27.1. The molecule has 43 heavy (non-hydrogen) atoms. The second-order valence-electron chi connectivity index (χ2n) is 13.2. The molecule has 3 atom stereocenters. The van der Waals surface area contributed by atoms with Crippen LogP contribution in [0.25, 0.3) is 22.2 Å². The molecule has 0 unspecified atom stereocenters. The summed E-state index contributed by atoms with van der Waals surface area (Å²) in [7, 11) is 0. The molecule has 5 fully saturated rings. The van der Waals surface area contributed by atoms with Gasteiger partial charge in [0.2, 0.25) is 5.88 Å². The molecule has 0 spiro atoms. The van der Waals surface area contributed by atoms with Gasteiger partial charge in [0.15, 0.2) is 5.82 Å². The van der Waals surface area contributed by atoms with Crippen molar-refractivity contribution in [2.45, 2.75) is 75.9 Å². The molecule has 1 saturated carbocycles. The highest BCUT2D eigenvalue weighted by molar-refractivity contribution is 5.97. The number of nitrogen functional groups attached to an aromatic ring is 1. The number of hydrogen-bond acceptors (Lipinski definition) is 9. The first-order chi connectivity index (χ1) is 20.4. The molecule has 3 N–H and O–H groups in total. The second kappa shape index (κ2) is 9.04. The van der Waals surface area contributed by atoms with E-state index in [4.69, 9.17) is 24.9 Å². The zero-order valence-electron chi connectivity index (χ0n) is 23.9. The van der Waals surface area contributed by atoms with Crippen LogP contribution in [0.4, 0.5) is 29.1 Å². The SMILES string of the molecule is Cc1cc(N)cc(-c2nc3c4c(nc(OCC56COC(C)(C5)C6)nc4c2F)N2C[C@H]4CC[C@H](N4)[C@H]2CCO3)c1C(F)(F)F. The lowest BCUT2D eigenvalue weighted by Gasteiger charge is -2.43. The maximum atomic E-state index is 16.7. The van der Waals surface area contributed by atoms with Gasteiger partial charge in [0, 0.05) is 47.8 Å². The Kier molecular flexibility index (Phi) is 5.70. The summed E-state index contributed by atoms with van der Waals surface area (Å²) in [6, 6.07) is 2.75. The topological polar surface area (TPSA) is 108 Å². The Morgan fingerprint density at radius 3 is 2.72 bits per heavy atom. The average Bonchev–Trinajstić information content (AvgIpc) is 3.57. The molecule has 4 saturated heterocycles. The molecule has 9 rings (SSSR count). The van der Waals surface area contributed by atoms with Gasteiger partial charge in [0.25, 0.3) is 0 Å². The van der Waals surface area contributed by atoms with Crippen LogP contribution >= 0.6 is 0 Å². The minimum Gasteiger partial charge on any atom is -0.477 e. The van der Waals surface area contributed by atoms with E-state index < -0.39 is 28.8 Å². The van der Waals surface area contributed by atoms with Gasteiger partial charge in [0.05, 0.1) is 31.0 Å². The molecule has 6 aliphatic rings. The molecular weight excluding hydrogens is 568 g/mol. The number of pyridine rings is 1. The molecule has 13 heteroatoms. The maximum absolute atomic E-state index is 16.7. The minimum absolute atomic E-state index is 0.0111. The van der Waals surface area contributed by atoms with Crippen LogP contribution in [0.1, 0.15) is 50.2 Å². The zero-order valence-corrected chi connectivity index (χ0v) is 23.9. The number of nitrogens with one attached hydrogen (secondary N) is 1. The lowest BCUT2D eigenvalue weighted by Crippen LogP contribution is -2.59. The van der Waals surface area contributed by atoms with E-state index in [-0.39, 0.29) is 69.8 Å². The van der Waals surface area contributed by atoms with Gasteiger partial charge >= 0.3 is 12.2 Å². The van der Waals surface area contributed by atoms with Crippen molar-refractivity contribution in [3.8, 4) is 23.1 Å². The third kappa shape index (κ3) is 4.21. The summed E-state index contributed by atoms with van der Waals surface area (Å²) in [4.78, 5) is 15.8. The first-order valence-electron chi connectivity index (χ1n) is 14.7. The summed E-state index contributed by atoms with van der Waals surface area (Å²) < 4.78 is 77.7. The fourth-order valence-corrected chi connectivity index (χ4v) is 8.23. The number of hydrogen-bond donors (Lipinski definition) is 2. The predicted molar refractivity (Wildman–Crippen MR) is 150 cm³/mol. The molecule has 228 valence electrons. The average molecular weight is 601 g/mol. The van der Waals surface area contributed by atoms with Crippen LogP contribution in [0, 0.1) is 18.2 Å². The third-order valence-electron chi connectivity index (χ3n) is 9.82. The molecule has 5 aliphatic heterocycles. The quantitative estimate of drug-likeness (QED) is 0.323. The van der Waals surface area contributed by atoms with Crippen LogP contribution in [0.5, 0.6) is 11.9 Å². The van der Waals surface area contributed by atoms with E-state index in [9.17, 15) is 13.2 Å². The summed E-state index contributed by atoms with van der Waals surface area (Å²) >= 11 is 0. The Morgan fingerprint density at radius 1 is 1.16 bits per heavy atom. The summed E-state index contributed by atoms with van der Waals surface area (Å²) in [6.07, 6.45) is -0.452. The number of aryl methyl sites for hydroxylation is 1. The van der Waals surface area contributed by atoms with E-state index in [0.717, 1.165) is 31.7 Å². The van der Waals surface area contributed by atoms with Crippen LogP contribution in [0.3, 0.4) is 0 Å². The molecule has 2 aromatic heterocycles. The number of ether oxygens (including phenoxy) is 3. The fourth-order valence-electron chi connectivity index (χ4n) is 8.23. The van der Waals surface area contributed by atoms with Gasteiger partial charge in [-0.3, -0.25) is 0 Å². The predicted octanol–water partition coefficient (Wildman–Crippen LogP) is 4.78. The van der Waals surface area contributed by atoms with Gasteiger partial charge in [-0.25, -0.2) is 9.37 Å².